The second-order valence-electron chi connectivity index (χ2n) is 8.70. The normalized spacial score (nSPS) is 19.4. The number of carbonyl (C=O) groups excluding carboxylic acids is 1. The molecule has 0 spiro atoms. The number of fused-ring (bicyclic) bond motifs is 1. The van der Waals surface area contributed by atoms with Gasteiger partial charge in [-0.25, -0.2) is 9.98 Å². The number of rotatable bonds is 5. The molecule has 168 valence electrons. The van der Waals surface area contributed by atoms with E-state index in [9.17, 15) is 4.79 Å². The third-order valence-electron chi connectivity index (χ3n) is 5.99. The Hall–Kier alpha value is -3.26. The summed E-state index contributed by atoms with van der Waals surface area (Å²) >= 11 is 0. The summed E-state index contributed by atoms with van der Waals surface area (Å²) in [6, 6.07) is 8.47. The van der Waals surface area contributed by atoms with Gasteiger partial charge < -0.3 is 20.9 Å². The van der Waals surface area contributed by atoms with Crippen LogP contribution in [-0.4, -0.2) is 45.4 Å². The maximum Gasteiger partial charge on any atom is 0.246 e. The fourth-order valence-electron chi connectivity index (χ4n) is 4.30. The van der Waals surface area contributed by atoms with Crippen LogP contribution < -0.4 is 15.8 Å². The smallest absolute Gasteiger partial charge is 0.246 e. The molecule has 0 saturated heterocycles. The molecule has 2 aliphatic rings. The highest BCUT2D eigenvalue weighted by Gasteiger charge is 2.35. The zero-order valence-electron chi connectivity index (χ0n) is 18.5. The molecular formula is C24H29N5O3. The minimum atomic E-state index is -0.642. The molecule has 2 heterocycles. The number of hydrogen-bond acceptors (Lipinski definition) is 7. The summed E-state index contributed by atoms with van der Waals surface area (Å²) in [4.78, 5) is 24.8. The molecule has 2 aromatic rings. The number of nitrogens with zero attached hydrogens (tertiary/aromatic N) is 3. The minimum absolute atomic E-state index is 0.0453. The van der Waals surface area contributed by atoms with Crippen LogP contribution in [0.3, 0.4) is 0 Å². The second kappa shape index (κ2) is 9.08. The minimum Gasteiger partial charge on any atom is -0.463 e. The van der Waals surface area contributed by atoms with Crippen molar-refractivity contribution in [1.29, 1.82) is 0 Å². The Labute approximate surface area is 187 Å². The van der Waals surface area contributed by atoms with Gasteiger partial charge in [0.25, 0.3) is 0 Å². The van der Waals surface area contributed by atoms with Gasteiger partial charge in [0.05, 0.1) is 12.3 Å². The van der Waals surface area contributed by atoms with Crippen molar-refractivity contribution < 1.29 is 14.6 Å². The molecule has 1 aromatic carbocycles. The number of anilines is 1. The van der Waals surface area contributed by atoms with Crippen LogP contribution in [0.4, 0.5) is 11.5 Å². The number of aromatic nitrogens is 2. The van der Waals surface area contributed by atoms with Crippen molar-refractivity contribution in [1.82, 2.24) is 15.3 Å². The van der Waals surface area contributed by atoms with Gasteiger partial charge in [0.15, 0.2) is 11.5 Å². The third-order valence-corrected chi connectivity index (χ3v) is 5.99. The number of nitrogens with one attached hydrogen (secondary N) is 1. The van der Waals surface area contributed by atoms with Crippen LogP contribution in [0.25, 0.3) is 0 Å². The van der Waals surface area contributed by atoms with Crippen molar-refractivity contribution >= 4 is 23.1 Å². The zero-order chi connectivity index (χ0) is 22.7. The Morgan fingerprint density at radius 3 is 2.66 bits per heavy atom. The molecule has 1 aromatic heterocycles. The van der Waals surface area contributed by atoms with Crippen molar-refractivity contribution in [3.63, 3.8) is 0 Å². The number of aliphatic imine (C=N–C) groups is 1. The number of amides is 1. The van der Waals surface area contributed by atoms with Crippen LogP contribution in [-0.2, 0) is 4.79 Å². The van der Waals surface area contributed by atoms with Gasteiger partial charge in [-0.1, -0.05) is 29.8 Å². The van der Waals surface area contributed by atoms with Crippen LogP contribution in [0.1, 0.15) is 56.6 Å². The van der Waals surface area contributed by atoms with E-state index in [1.807, 2.05) is 13.8 Å². The number of nitrogen functional groups attached to an aromatic ring is 1. The van der Waals surface area contributed by atoms with E-state index in [1.54, 1.807) is 6.08 Å². The molecular weight excluding hydrogens is 406 g/mol. The van der Waals surface area contributed by atoms with Crippen molar-refractivity contribution in [2.24, 2.45) is 4.99 Å². The van der Waals surface area contributed by atoms with Gasteiger partial charge in [0.2, 0.25) is 11.8 Å². The largest absolute Gasteiger partial charge is 0.463 e. The maximum atomic E-state index is 11.8. The van der Waals surface area contributed by atoms with Gasteiger partial charge in [0, 0.05) is 18.2 Å². The number of hydrogen-bond donors (Lipinski definition) is 3. The first-order chi connectivity index (χ1) is 15.4. The van der Waals surface area contributed by atoms with Gasteiger partial charge >= 0.3 is 0 Å². The van der Waals surface area contributed by atoms with Crippen molar-refractivity contribution in [3.05, 3.63) is 53.4 Å². The number of carbonyl (C=O) groups is 1. The molecule has 8 nitrogen and oxygen atoms in total. The van der Waals surface area contributed by atoms with Crippen LogP contribution in [0.2, 0.25) is 0 Å². The summed E-state index contributed by atoms with van der Waals surface area (Å²) in [5, 5.41) is 11.5. The van der Waals surface area contributed by atoms with E-state index in [0.717, 1.165) is 37.0 Å². The van der Waals surface area contributed by atoms with Gasteiger partial charge in [-0.3, -0.25) is 4.79 Å². The van der Waals surface area contributed by atoms with Crippen molar-refractivity contribution in [3.8, 4) is 5.88 Å². The van der Waals surface area contributed by atoms with E-state index < -0.39 is 5.60 Å². The lowest BCUT2D eigenvalue weighted by Gasteiger charge is -2.32. The highest BCUT2D eigenvalue weighted by Crippen LogP contribution is 2.39. The van der Waals surface area contributed by atoms with Gasteiger partial charge in [-0.2, -0.15) is 4.98 Å². The third kappa shape index (κ3) is 4.65. The van der Waals surface area contributed by atoms with E-state index in [0.29, 0.717) is 23.3 Å². The molecule has 1 aliphatic heterocycles. The molecule has 1 saturated carbocycles. The molecule has 0 unspecified atom stereocenters. The Morgan fingerprint density at radius 1 is 1.25 bits per heavy atom. The lowest BCUT2D eigenvalue weighted by molar-refractivity contribution is -0.116. The van der Waals surface area contributed by atoms with Crippen LogP contribution in [0.15, 0.2) is 47.2 Å². The van der Waals surface area contributed by atoms with E-state index in [-0.39, 0.29) is 19.1 Å². The second-order valence-corrected chi connectivity index (χ2v) is 8.70. The molecule has 4 N–H and O–H groups in total. The Kier molecular flexibility index (Phi) is 6.23. The Balaban J connectivity index is 1.47. The summed E-state index contributed by atoms with van der Waals surface area (Å²) in [6.07, 6.45) is 6.90. The first-order valence-corrected chi connectivity index (χ1v) is 10.9. The lowest BCUT2D eigenvalue weighted by Crippen LogP contribution is -2.41. The Bertz CT molecular complexity index is 1050. The number of allylic oxidation sites excluding steroid dienone is 1. The first-order valence-electron chi connectivity index (χ1n) is 10.9. The highest BCUT2D eigenvalue weighted by atomic mass is 16.5. The lowest BCUT2D eigenvalue weighted by atomic mass is 9.81. The monoisotopic (exact) mass is 435 g/mol. The standard InChI is InChI=1S/C24H29N5O3/c1-24(2)21(29-20-22(25)27-14-28-23(20)32-24)18-9-7-17(8-10-18)16-5-3-15(4-6-16)13-19(31)26-11-12-30/h7-10,13-14,16,30H,3-6,11-12H2,1-2H3,(H,26,31)(H2,25,27,28). The maximum absolute atomic E-state index is 11.8. The van der Waals surface area contributed by atoms with Gasteiger partial charge in [-0.15, -0.1) is 0 Å². The number of aliphatic hydroxyl groups excluding tert-OH is 1. The predicted molar refractivity (Wildman–Crippen MR) is 123 cm³/mol. The van der Waals surface area contributed by atoms with Crippen LogP contribution in [0, 0.1) is 0 Å². The summed E-state index contributed by atoms with van der Waals surface area (Å²) in [6.45, 7) is 4.17. The number of nitrogens with two attached hydrogens (primary N) is 1. The predicted octanol–water partition coefficient (Wildman–Crippen LogP) is 3.04. The molecule has 0 bridgehead atoms. The fourth-order valence-corrected chi connectivity index (χ4v) is 4.30. The molecule has 1 fully saturated rings. The quantitative estimate of drug-likeness (QED) is 0.621. The molecule has 32 heavy (non-hydrogen) atoms. The highest BCUT2D eigenvalue weighted by molar-refractivity contribution is 6.09. The summed E-state index contributed by atoms with van der Waals surface area (Å²) in [5.74, 6) is 1.04. The molecule has 1 aliphatic carbocycles. The van der Waals surface area contributed by atoms with Crippen molar-refractivity contribution in [2.75, 3.05) is 18.9 Å². The topological polar surface area (TPSA) is 123 Å². The summed E-state index contributed by atoms with van der Waals surface area (Å²) in [5.41, 5.74) is 10.0. The SMILES string of the molecule is CC1(C)Oc2ncnc(N)c2N=C1c1ccc(C2CCC(=CC(=O)NCCO)CC2)cc1. The average molecular weight is 436 g/mol. The first kappa shape index (κ1) is 22.0. The fraction of sp³-hybridized carbons (Fsp3) is 0.417. The molecule has 0 radical (unpaired) electrons. The Morgan fingerprint density at radius 2 is 1.97 bits per heavy atom. The average Bonchev–Trinajstić information content (AvgIpc) is 2.78. The molecule has 1 amide bonds. The van der Waals surface area contributed by atoms with E-state index in [4.69, 9.17) is 20.6 Å². The number of benzene rings is 1. The van der Waals surface area contributed by atoms with Gasteiger partial charge in [0.1, 0.15) is 11.9 Å². The number of ether oxygens (including phenoxy) is 1. The van der Waals surface area contributed by atoms with Crippen LogP contribution >= 0.6 is 0 Å². The van der Waals surface area contributed by atoms with E-state index in [1.165, 1.54) is 17.5 Å². The van der Waals surface area contributed by atoms with Gasteiger partial charge in [-0.05, 0) is 51.0 Å². The summed E-state index contributed by atoms with van der Waals surface area (Å²) < 4.78 is 6.07. The molecule has 4 rings (SSSR count). The number of aliphatic hydroxyl groups is 1. The van der Waals surface area contributed by atoms with Crippen LogP contribution in [0.5, 0.6) is 5.88 Å². The zero-order valence-corrected chi connectivity index (χ0v) is 18.5. The van der Waals surface area contributed by atoms with E-state index in [2.05, 4.69) is 39.6 Å². The molecule has 8 heteroatoms. The molecule has 0 atom stereocenters. The van der Waals surface area contributed by atoms with E-state index >= 15 is 0 Å². The van der Waals surface area contributed by atoms with Crippen molar-refractivity contribution in [2.45, 2.75) is 51.0 Å². The summed E-state index contributed by atoms with van der Waals surface area (Å²) in [7, 11) is 0.